The zero-order chi connectivity index (χ0) is 24.7. The Labute approximate surface area is 198 Å². The summed E-state index contributed by atoms with van der Waals surface area (Å²) >= 11 is 1.77. The number of hydrogen-bond donors (Lipinski definition) is 0. The number of furan rings is 1. The fraction of sp³-hybridized carbons (Fsp3) is 0.536. The summed E-state index contributed by atoms with van der Waals surface area (Å²) in [5.74, 6) is 1.88. The molecule has 0 spiro atoms. The second-order valence-corrected chi connectivity index (χ2v) is 7.64. The lowest BCUT2D eigenvalue weighted by Gasteiger charge is -2.00. The molecule has 0 saturated heterocycles. The summed E-state index contributed by atoms with van der Waals surface area (Å²) in [6.45, 7) is 25.0. The van der Waals surface area contributed by atoms with Crippen molar-refractivity contribution in [3.63, 3.8) is 0 Å². The highest BCUT2D eigenvalue weighted by atomic mass is 32.1. The maximum Gasteiger partial charge on any atom is 0.0937 e. The molecule has 0 bridgehead atoms. The lowest BCUT2D eigenvalue weighted by atomic mass is 10.1. The van der Waals surface area contributed by atoms with Gasteiger partial charge in [0.05, 0.1) is 12.5 Å². The lowest BCUT2D eigenvalue weighted by molar-refractivity contribution is 0.562. The fourth-order valence-corrected chi connectivity index (χ4v) is 2.75. The molecule has 0 amide bonds. The van der Waals surface area contributed by atoms with Gasteiger partial charge in [-0.15, -0.1) is 0 Å². The molecule has 3 aromatic rings. The third-order valence-corrected chi connectivity index (χ3v) is 4.47. The van der Waals surface area contributed by atoms with Crippen LogP contribution in [0.5, 0.6) is 0 Å². The zero-order valence-electron chi connectivity index (χ0n) is 22.3. The molecular weight excluding hydrogens is 398 g/mol. The topological polar surface area (TPSA) is 26.0 Å². The van der Waals surface area contributed by atoms with E-state index in [2.05, 4.69) is 69.4 Å². The molecule has 0 unspecified atom stereocenters. The summed E-state index contributed by atoms with van der Waals surface area (Å²) in [4.78, 5) is 4.01. The molecule has 3 heteroatoms. The summed E-state index contributed by atoms with van der Waals surface area (Å²) in [5, 5.41) is 4.32. The van der Waals surface area contributed by atoms with Gasteiger partial charge >= 0.3 is 0 Å². The van der Waals surface area contributed by atoms with Crippen molar-refractivity contribution >= 4 is 11.3 Å². The van der Waals surface area contributed by atoms with Gasteiger partial charge in [-0.3, -0.25) is 4.98 Å². The largest absolute Gasteiger partial charge is 0.472 e. The highest BCUT2D eigenvalue weighted by molar-refractivity contribution is 7.07. The van der Waals surface area contributed by atoms with Crippen LogP contribution in [-0.4, -0.2) is 4.98 Å². The molecule has 0 fully saturated rings. The smallest absolute Gasteiger partial charge is 0.0937 e. The van der Waals surface area contributed by atoms with Crippen molar-refractivity contribution in [2.45, 2.75) is 101 Å². The first kappa shape index (κ1) is 33.8. The molecule has 178 valence electrons. The molecule has 0 saturated carbocycles. The number of rotatable bonds is 3. The van der Waals surface area contributed by atoms with E-state index in [1.54, 1.807) is 30.1 Å². The molecule has 0 aliphatic carbocycles. The predicted molar refractivity (Wildman–Crippen MR) is 144 cm³/mol. The summed E-state index contributed by atoms with van der Waals surface area (Å²) in [7, 11) is 0. The number of aromatic nitrogens is 1. The Morgan fingerprint density at radius 1 is 0.710 bits per heavy atom. The van der Waals surface area contributed by atoms with Gasteiger partial charge in [-0.2, -0.15) is 11.3 Å². The van der Waals surface area contributed by atoms with Gasteiger partial charge < -0.3 is 4.42 Å². The van der Waals surface area contributed by atoms with Crippen LogP contribution < -0.4 is 0 Å². The van der Waals surface area contributed by atoms with Gasteiger partial charge in [0.15, 0.2) is 0 Å². The molecular formula is C28H49NOS. The Morgan fingerprint density at radius 3 is 1.48 bits per heavy atom. The highest BCUT2D eigenvalue weighted by Gasteiger charge is 1.97. The summed E-state index contributed by atoms with van der Waals surface area (Å²) in [6, 6.07) is 8.23. The van der Waals surface area contributed by atoms with E-state index in [0.717, 1.165) is 0 Å². The van der Waals surface area contributed by atoms with Gasteiger partial charge in [-0.1, -0.05) is 89.2 Å². The third-order valence-electron chi connectivity index (χ3n) is 3.77. The van der Waals surface area contributed by atoms with Gasteiger partial charge in [0.25, 0.3) is 0 Å². The van der Waals surface area contributed by atoms with Gasteiger partial charge in [-0.25, -0.2) is 0 Å². The second kappa shape index (κ2) is 24.4. The van der Waals surface area contributed by atoms with Crippen LogP contribution in [0, 0.1) is 0 Å². The molecule has 0 N–H and O–H groups in total. The molecule has 3 aromatic heterocycles. The third kappa shape index (κ3) is 18.6. The van der Waals surface area contributed by atoms with Crippen LogP contribution in [0.15, 0.2) is 64.4 Å². The molecule has 31 heavy (non-hydrogen) atoms. The normalized spacial score (nSPS) is 8.87. The predicted octanol–water partition coefficient (Wildman–Crippen LogP) is 10.6. The summed E-state index contributed by atoms with van der Waals surface area (Å²) in [6.07, 6.45) is 7.19. The molecule has 3 rings (SSSR count). The molecule has 2 nitrogen and oxygen atoms in total. The Balaban J connectivity index is -0.000000338. The Morgan fingerprint density at radius 2 is 1.26 bits per heavy atom. The van der Waals surface area contributed by atoms with Crippen LogP contribution in [-0.2, 0) is 0 Å². The van der Waals surface area contributed by atoms with Crippen molar-refractivity contribution < 1.29 is 4.42 Å². The van der Waals surface area contributed by atoms with Gasteiger partial charge in [0, 0.05) is 12.4 Å². The highest BCUT2D eigenvalue weighted by Crippen LogP contribution is 2.16. The average Bonchev–Trinajstić information content (AvgIpc) is 3.54. The van der Waals surface area contributed by atoms with E-state index in [1.807, 2.05) is 59.9 Å². The maximum absolute atomic E-state index is 4.88. The van der Waals surface area contributed by atoms with E-state index in [4.69, 9.17) is 4.42 Å². The zero-order valence-corrected chi connectivity index (χ0v) is 23.1. The van der Waals surface area contributed by atoms with Gasteiger partial charge in [0.2, 0.25) is 0 Å². The fourth-order valence-electron chi connectivity index (χ4n) is 1.92. The van der Waals surface area contributed by atoms with Crippen LogP contribution in [0.1, 0.15) is 118 Å². The minimum Gasteiger partial charge on any atom is -0.472 e. The molecule has 0 aliphatic rings. The second-order valence-electron chi connectivity index (χ2n) is 6.86. The monoisotopic (exact) mass is 447 g/mol. The average molecular weight is 448 g/mol. The first-order valence-corrected chi connectivity index (χ1v) is 12.8. The van der Waals surface area contributed by atoms with Crippen LogP contribution in [0.4, 0.5) is 0 Å². The Bertz CT molecular complexity index is 603. The van der Waals surface area contributed by atoms with Crippen molar-refractivity contribution in [3.05, 3.63) is 76.6 Å². The number of hydrogen-bond acceptors (Lipinski definition) is 3. The number of thiophene rings is 1. The van der Waals surface area contributed by atoms with E-state index < -0.39 is 0 Å². The minimum absolute atomic E-state index is 0.591. The SMILES string of the molecule is CC.CC.CC.CC(C)c1cccnc1.CC(C)c1ccoc1.CC(C)c1ccsc1. The Hall–Kier alpha value is -1.87. The minimum atomic E-state index is 0.591. The van der Waals surface area contributed by atoms with Crippen LogP contribution in [0.25, 0.3) is 0 Å². The van der Waals surface area contributed by atoms with Crippen molar-refractivity contribution in [3.8, 4) is 0 Å². The summed E-state index contributed by atoms with van der Waals surface area (Å²) < 4.78 is 4.88. The molecule has 0 atom stereocenters. The van der Waals surface area contributed by atoms with Crippen molar-refractivity contribution in [1.29, 1.82) is 0 Å². The van der Waals surface area contributed by atoms with E-state index >= 15 is 0 Å². The van der Waals surface area contributed by atoms with Gasteiger partial charge in [0.1, 0.15) is 0 Å². The molecule has 3 heterocycles. The number of pyridine rings is 1. The van der Waals surface area contributed by atoms with E-state index in [-0.39, 0.29) is 0 Å². The van der Waals surface area contributed by atoms with E-state index in [9.17, 15) is 0 Å². The summed E-state index contributed by atoms with van der Waals surface area (Å²) in [5.41, 5.74) is 4.03. The van der Waals surface area contributed by atoms with E-state index in [1.165, 1.54) is 16.7 Å². The standard InChI is InChI=1S/C8H11N.C7H10O.C7H10S.3C2H6/c1-7(2)8-4-3-5-9-6-8;2*1-6(2)7-3-4-8-5-7;3*1-2/h3-7H,1-2H3;2*3-6H,1-2H3;3*1-2H3. The molecule has 0 radical (unpaired) electrons. The van der Waals surface area contributed by atoms with Crippen molar-refractivity contribution in [2.75, 3.05) is 0 Å². The van der Waals surface area contributed by atoms with E-state index in [0.29, 0.717) is 17.8 Å². The first-order valence-electron chi connectivity index (χ1n) is 11.9. The van der Waals surface area contributed by atoms with Crippen LogP contribution in [0.2, 0.25) is 0 Å². The number of nitrogens with zero attached hydrogens (tertiary/aromatic N) is 1. The maximum atomic E-state index is 4.88. The molecule has 0 aromatic carbocycles. The molecule has 0 aliphatic heterocycles. The van der Waals surface area contributed by atoms with Crippen molar-refractivity contribution in [1.82, 2.24) is 4.98 Å². The van der Waals surface area contributed by atoms with Crippen molar-refractivity contribution in [2.24, 2.45) is 0 Å². The van der Waals surface area contributed by atoms with Crippen LogP contribution in [0.3, 0.4) is 0 Å². The van der Waals surface area contributed by atoms with Gasteiger partial charge in [-0.05, 0) is 63.4 Å². The quantitative estimate of drug-likeness (QED) is 0.399. The Kier molecular flexibility index (Phi) is 26.6. The lowest BCUT2D eigenvalue weighted by Crippen LogP contribution is -1.85. The first-order chi connectivity index (χ1) is 14.9. The van der Waals surface area contributed by atoms with Crippen LogP contribution >= 0.6 is 11.3 Å².